The van der Waals surface area contributed by atoms with E-state index in [-0.39, 0.29) is 6.42 Å². The summed E-state index contributed by atoms with van der Waals surface area (Å²) in [6.07, 6.45) is -2.88. The fourth-order valence-corrected chi connectivity index (χ4v) is 3.09. The van der Waals surface area contributed by atoms with E-state index in [0.29, 0.717) is 19.4 Å². The predicted octanol–water partition coefficient (Wildman–Crippen LogP) is -5.90. The summed E-state index contributed by atoms with van der Waals surface area (Å²) in [5.74, 6) is -6.68. The van der Waals surface area contributed by atoms with E-state index in [0.717, 1.165) is 13.8 Å². The van der Waals surface area contributed by atoms with Crippen LogP contribution < -0.4 is 38.5 Å². The first-order valence-corrected chi connectivity index (χ1v) is 11.8. The lowest BCUT2D eigenvalue weighted by atomic mass is 10.1. The third-order valence-corrected chi connectivity index (χ3v) is 5.26. The number of aliphatic carboxylic acids is 1. The molecule has 14 N–H and O–H groups in total. The molecular formula is C21H39N7O10. The maximum absolute atomic E-state index is 12.9. The second kappa shape index (κ2) is 17.2. The molecule has 0 saturated carbocycles. The smallest absolute Gasteiger partial charge is 0.326 e. The molecule has 0 aliphatic rings. The second-order valence-corrected chi connectivity index (χ2v) is 8.66. The number of carbonyl (C=O) groups is 6. The van der Waals surface area contributed by atoms with Gasteiger partial charge in [0, 0.05) is 0 Å². The van der Waals surface area contributed by atoms with Gasteiger partial charge in [0.2, 0.25) is 29.5 Å². The van der Waals surface area contributed by atoms with E-state index in [1.807, 2.05) is 0 Å². The summed E-state index contributed by atoms with van der Waals surface area (Å²) in [6, 6.07) is -7.82. The highest BCUT2D eigenvalue weighted by Crippen LogP contribution is 2.05. The number of carbonyl (C=O) groups excluding carboxylic acids is 5. The number of nitrogens with two attached hydrogens (primary N) is 3. The average Bonchev–Trinajstić information content (AvgIpc) is 2.82. The lowest BCUT2D eigenvalue weighted by Crippen LogP contribution is -2.62. The minimum absolute atomic E-state index is 0.0397. The molecule has 0 fully saturated rings. The van der Waals surface area contributed by atoms with Crippen LogP contribution in [0.25, 0.3) is 0 Å². The van der Waals surface area contributed by atoms with Crippen molar-refractivity contribution in [1.82, 2.24) is 21.3 Å². The van der Waals surface area contributed by atoms with Crippen LogP contribution in [0.4, 0.5) is 0 Å². The van der Waals surface area contributed by atoms with Crippen LogP contribution in [0.5, 0.6) is 0 Å². The number of amides is 5. The summed E-state index contributed by atoms with van der Waals surface area (Å²) >= 11 is 0. The molecule has 0 aromatic carbocycles. The van der Waals surface area contributed by atoms with E-state index in [1.54, 1.807) is 0 Å². The van der Waals surface area contributed by atoms with Crippen LogP contribution in [0.1, 0.15) is 39.5 Å². The fraction of sp³-hybridized carbons (Fsp3) is 0.714. The number of aliphatic hydroxyl groups is 3. The van der Waals surface area contributed by atoms with Crippen LogP contribution in [-0.4, -0.2) is 112 Å². The molecule has 0 aliphatic heterocycles. The van der Waals surface area contributed by atoms with Gasteiger partial charge >= 0.3 is 5.97 Å². The molecule has 38 heavy (non-hydrogen) atoms. The first-order chi connectivity index (χ1) is 17.7. The summed E-state index contributed by atoms with van der Waals surface area (Å²) in [6.45, 7) is 1.81. The summed E-state index contributed by atoms with van der Waals surface area (Å²) in [5.41, 5.74) is 15.9. The molecule has 7 atom stereocenters. The molecule has 0 radical (unpaired) electrons. The second-order valence-electron chi connectivity index (χ2n) is 8.66. The summed E-state index contributed by atoms with van der Waals surface area (Å²) in [4.78, 5) is 73.0. The predicted molar refractivity (Wildman–Crippen MR) is 130 cm³/mol. The minimum Gasteiger partial charge on any atom is -0.480 e. The first-order valence-electron chi connectivity index (χ1n) is 11.8. The Bertz CT molecular complexity index is 839. The summed E-state index contributed by atoms with van der Waals surface area (Å²) in [5, 5.41) is 47.0. The number of hydrogen-bond donors (Lipinski definition) is 11. The number of nitrogens with one attached hydrogen (secondary N) is 4. The molecule has 5 amide bonds. The summed E-state index contributed by atoms with van der Waals surface area (Å²) in [7, 11) is 0. The number of carboxylic acids is 1. The zero-order valence-corrected chi connectivity index (χ0v) is 21.3. The quantitative estimate of drug-likeness (QED) is 0.0712. The highest BCUT2D eigenvalue weighted by atomic mass is 16.4. The van der Waals surface area contributed by atoms with Gasteiger partial charge in [-0.2, -0.15) is 0 Å². The van der Waals surface area contributed by atoms with Gasteiger partial charge in [0.15, 0.2) is 0 Å². The minimum atomic E-state index is -1.75. The van der Waals surface area contributed by atoms with Gasteiger partial charge in [-0.05, 0) is 39.7 Å². The van der Waals surface area contributed by atoms with Gasteiger partial charge in [-0.3, -0.25) is 24.0 Å². The Labute approximate surface area is 218 Å². The van der Waals surface area contributed by atoms with E-state index in [1.165, 1.54) is 0 Å². The monoisotopic (exact) mass is 549 g/mol. The van der Waals surface area contributed by atoms with Crippen LogP contribution in [0.15, 0.2) is 0 Å². The van der Waals surface area contributed by atoms with E-state index < -0.39 is 91.0 Å². The lowest BCUT2D eigenvalue weighted by Gasteiger charge is -2.28. The van der Waals surface area contributed by atoms with Crippen molar-refractivity contribution in [1.29, 1.82) is 0 Å². The maximum atomic E-state index is 12.9. The average molecular weight is 550 g/mol. The van der Waals surface area contributed by atoms with Crippen LogP contribution in [0.2, 0.25) is 0 Å². The Hall–Kier alpha value is -3.38. The maximum Gasteiger partial charge on any atom is 0.326 e. The van der Waals surface area contributed by atoms with Crippen molar-refractivity contribution in [3.63, 3.8) is 0 Å². The van der Waals surface area contributed by atoms with E-state index >= 15 is 0 Å². The molecule has 0 bridgehead atoms. The fourth-order valence-electron chi connectivity index (χ4n) is 3.09. The van der Waals surface area contributed by atoms with Crippen LogP contribution in [-0.2, 0) is 28.8 Å². The molecule has 0 spiro atoms. The first kappa shape index (κ1) is 34.6. The van der Waals surface area contributed by atoms with Gasteiger partial charge in [-0.25, -0.2) is 4.79 Å². The standard InChI is InChI=1S/C21H39N7O10/c1-9(30)15(19(35)25-12(21(37)38)5-3-4-6-22)28-20(36)16(10(2)31)27-18(34)13(7-14(24)32)26-17(33)11(23)8-29/h9-13,15-16,29-31H,3-8,22-23H2,1-2H3,(H2,24,32)(H,25,35)(H,26,33)(H,27,34)(H,28,36)(H,37,38)/t9-,10-,11+,12+,13+,15+,16+/m1/s1. The number of primary amides is 1. The topological polar surface area (TPSA) is 310 Å². The van der Waals surface area contributed by atoms with Gasteiger partial charge in [0.25, 0.3) is 0 Å². The molecule has 17 nitrogen and oxygen atoms in total. The zero-order valence-electron chi connectivity index (χ0n) is 21.3. The van der Waals surface area contributed by atoms with Crippen molar-refractivity contribution in [2.45, 2.75) is 81.9 Å². The SMILES string of the molecule is C[C@@H](O)[C@H](NC(=O)[C@H](CC(N)=O)NC(=O)[C@@H](N)CO)C(=O)N[C@H](C(=O)N[C@@H](CCCCN)C(=O)O)[C@@H](C)O. The van der Waals surface area contributed by atoms with Crippen molar-refractivity contribution in [3.05, 3.63) is 0 Å². The zero-order chi connectivity index (χ0) is 29.6. The Morgan fingerprint density at radius 2 is 1.24 bits per heavy atom. The molecule has 0 heterocycles. The number of carboxylic acid groups (broad SMARTS) is 1. The molecular weight excluding hydrogens is 510 g/mol. The third kappa shape index (κ3) is 12.2. The van der Waals surface area contributed by atoms with Gasteiger partial charge in [0.1, 0.15) is 30.2 Å². The van der Waals surface area contributed by atoms with Crippen LogP contribution in [0, 0.1) is 0 Å². The largest absolute Gasteiger partial charge is 0.480 e. The van der Waals surface area contributed by atoms with Crippen LogP contribution >= 0.6 is 0 Å². The number of hydrogen-bond acceptors (Lipinski definition) is 11. The third-order valence-electron chi connectivity index (χ3n) is 5.26. The van der Waals surface area contributed by atoms with Gasteiger partial charge in [0.05, 0.1) is 25.2 Å². The molecule has 17 heteroatoms. The number of rotatable bonds is 18. The van der Waals surface area contributed by atoms with E-state index in [2.05, 4.69) is 21.3 Å². The van der Waals surface area contributed by atoms with Gasteiger partial charge in [-0.15, -0.1) is 0 Å². The summed E-state index contributed by atoms with van der Waals surface area (Å²) < 4.78 is 0. The molecule has 0 unspecified atom stereocenters. The molecule has 0 rings (SSSR count). The normalized spacial score (nSPS) is 16.5. The molecule has 218 valence electrons. The van der Waals surface area contributed by atoms with Gasteiger partial charge < -0.3 is 58.9 Å². The Balaban J connectivity index is 5.62. The van der Waals surface area contributed by atoms with E-state index in [9.17, 15) is 44.1 Å². The van der Waals surface area contributed by atoms with Crippen molar-refractivity contribution < 1.29 is 49.2 Å². The van der Waals surface area contributed by atoms with E-state index in [4.69, 9.17) is 22.3 Å². The van der Waals surface area contributed by atoms with Crippen LogP contribution in [0.3, 0.4) is 0 Å². The van der Waals surface area contributed by atoms with Crippen molar-refractivity contribution in [2.75, 3.05) is 13.2 Å². The Kier molecular flexibility index (Phi) is 15.7. The van der Waals surface area contributed by atoms with Crippen molar-refractivity contribution in [2.24, 2.45) is 17.2 Å². The lowest BCUT2D eigenvalue weighted by molar-refractivity contribution is -0.143. The Morgan fingerprint density at radius 3 is 1.66 bits per heavy atom. The highest BCUT2D eigenvalue weighted by molar-refractivity contribution is 5.97. The molecule has 0 aromatic heterocycles. The van der Waals surface area contributed by atoms with Crippen molar-refractivity contribution >= 4 is 35.5 Å². The molecule has 0 aliphatic carbocycles. The highest BCUT2D eigenvalue weighted by Gasteiger charge is 2.35. The molecule has 0 aromatic rings. The Morgan fingerprint density at radius 1 is 0.763 bits per heavy atom. The number of aliphatic hydroxyl groups excluding tert-OH is 3. The molecule has 0 saturated heterocycles. The number of unbranched alkanes of at least 4 members (excludes halogenated alkanes) is 1. The van der Waals surface area contributed by atoms with Crippen molar-refractivity contribution in [3.8, 4) is 0 Å². The van der Waals surface area contributed by atoms with Gasteiger partial charge in [-0.1, -0.05) is 0 Å².